The first-order chi connectivity index (χ1) is 16.6. The van der Waals surface area contributed by atoms with Crippen LogP contribution in [-0.4, -0.2) is 49.9 Å². The van der Waals surface area contributed by atoms with E-state index < -0.39 is 0 Å². The fourth-order valence-corrected chi connectivity index (χ4v) is 5.32. The molecule has 0 unspecified atom stereocenters. The summed E-state index contributed by atoms with van der Waals surface area (Å²) in [7, 11) is 0. The first kappa shape index (κ1) is 21.3. The number of hydrogen-bond donors (Lipinski definition) is 2. The number of carbonyl (C=O) groups is 1. The number of H-pyrrole nitrogens is 1. The monoisotopic (exact) mass is 458 g/mol. The number of rotatable bonds is 5. The minimum atomic E-state index is -0.0959. The lowest BCUT2D eigenvalue weighted by atomic mass is 9.85. The van der Waals surface area contributed by atoms with E-state index in [1.807, 2.05) is 29.2 Å². The maximum Gasteiger partial charge on any atom is 0.258 e. The summed E-state index contributed by atoms with van der Waals surface area (Å²) >= 11 is 0. The molecule has 176 valence electrons. The molecule has 0 radical (unpaired) electrons. The van der Waals surface area contributed by atoms with Crippen LogP contribution in [0.25, 0.3) is 22.2 Å². The molecule has 1 aromatic carbocycles. The van der Waals surface area contributed by atoms with E-state index in [2.05, 4.69) is 20.3 Å². The van der Waals surface area contributed by atoms with Gasteiger partial charge < -0.3 is 15.2 Å². The van der Waals surface area contributed by atoms with Crippen LogP contribution in [0.2, 0.25) is 0 Å². The number of benzene rings is 1. The van der Waals surface area contributed by atoms with Gasteiger partial charge in [-0.15, -0.1) is 0 Å². The van der Waals surface area contributed by atoms with Crippen LogP contribution in [0.4, 0.5) is 5.95 Å². The molecule has 2 aliphatic carbocycles. The Kier molecular flexibility index (Phi) is 5.51. The van der Waals surface area contributed by atoms with Crippen LogP contribution in [0, 0.1) is 5.92 Å². The summed E-state index contributed by atoms with van der Waals surface area (Å²) in [5.74, 6) is 2.30. The standard InChI is InChI=1S/C26H30N6O2/c33-24-20-15-18(7-10-22(20)29-23(31-24)16-3-4-16)21-11-12-27-26(30-21)28-19-8-5-17(6-9-19)25(34)32-13-1-2-14-32/h7,10-12,15-17,19H,1-6,8-9,13-14H2,(H,27,28,30)(H,29,31,33). The molecule has 1 saturated heterocycles. The molecule has 2 saturated carbocycles. The summed E-state index contributed by atoms with van der Waals surface area (Å²) in [6, 6.07) is 7.85. The van der Waals surface area contributed by atoms with Gasteiger partial charge in [0.2, 0.25) is 11.9 Å². The molecule has 0 atom stereocenters. The van der Waals surface area contributed by atoms with Gasteiger partial charge in [0.05, 0.1) is 16.6 Å². The predicted molar refractivity (Wildman–Crippen MR) is 131 cm³/mol. The summed E-state index contributed by atoms with van der Waals surface area (Å²) in [5.41, 5.74) is 2.26. The number of hydrogen-bond acceptors (Lipinski definition) is 6. The van der Waals surface area contributed by atoms with Crippen LogP contribution in [0.15, 0.2) is 35.3 Å². The minimum absolute atomic E-state index is 0.0959. The van der Waals surface area contributed by atoms with Gasteiger partial charge in [0.1, 0.15) is 5.82 Å². The fraction of sp³-hybridized carbons (Fsp3) is 0.500. The van der Waals surface area contributed by atoms with E-state index in [-0.39, 0.29) is 17.5 Å². The van der Waals surface area contributed by atoms with Crippen LogP contribution in [-0.2, 0) is 4.79 Å². The number of anilines is 1. The van der Waals surface area contributed by atoms with Crippen LogP contribution in [0.3, 0.4) is 0 Å². The molecule has 0 spiro atoms. The highest BCUT2D eigenvalue weighted by molar-refractivity contribution is 5.83. The zero-order valence-electron chi connectivity index (χ0n) is 19.3. The van der Waals surface area contributed by atoms with Gasteiger partial charge in [0.15, 0.2) is 0 Å². The zero-order valence-corrected chi connectivity index (χ0v) is 19.3. The quantitative estimate of drug-likeness (QED) is 0.602. The Bertz CT molecular complexity index is 1270. The van der Waals surface area contributed by atoms with Gasteiger partial charge in [0.25, 0.3) is 5.56 Å². The Morgan fingerprint density at radius 1 is 1.00 bits per heavy atom. The zero-order chi connectivity index (χ0) is 23.1. The molecule has 3 aliphatic rings. The SMILES string of the molecule is O=C(C1CCC(Nc2nccc(-c3ccc4nc(C5CC5)[nH]c(=O)c4c3)n2)CC1)N1CCCC1. The van der Waals surface area contributed by atoms with E-state index in [9.17, 15) is 9.59 Å². The molecule has 3 fully saturated rings. The predicted octanol–water partition coefficient (Wildman–Crippen LogP) is 3.85. The summed E-state index contributed by atoms with van der Waals surface area (Å²) < 4.78 is 0. The number of fused-ring (bicyclic) bond motifs is 1. The third-order valence-electron chi connectivity index (χ3n) is 7.47. The first-order valence-corrected chi connectivity index (χ1v) is 12.6. The molecule has 6 rings (SSSR count). The lowest BCUT2D eigenvalue weighted by Gasteiger charge is -2.30. The van der Waals surface area contributed by atoms with Crippen molar-refractivity contribution in [2.75, 3.05) is 18.4 Å². The van der Waals surface area contributed by atoms with Crippen molar-refractivity contribution in [3.05, 3.63) is 46.6 Å². The lowest BCUT2D eigenvalue weighted by molar-refractivity contribution is -0.135. The van der Waals surface area contributed by atoms with Gasteiger partial charge in [-0.3, -0.25) is 9.59 Å². The van der Waals surface area contributed by atoms with Crippen molar-refractivity contribution in [1.82, 2.24) is 24.8 Å². The number of carbonyl (C=O) groups excluding carboxylic acids is 1. The number of amides is 1. The average molecular weight is 459 g/mol. The van der Waals surface area contributed by atoms with Gasteiger partial charge in [-0.2, -0.15) is 0 Å². The topological polar surface area (TPSA) is 104 Å². The van der Waals surface area contributed by atoms with Crippen molar-refractivity contribution < 1.29 is 4.79 Å². The van der Waals surface area contributed by atoms with Crippen molar-refractivity contribution >= 4 is 22.8 Å². The molecule has 0 bridgehead atoms. The molecule has 2 aromatic heterocycles. The van der Waals surface area contributed by atoms with E-state index in [1.165, 1.54) is 0 Å². The second-order valence-electron chi connectivity index (χ2n) is 9.95. The normalized spacial score (nSPS) is 22.8. The number of likely N-dealkylation sites (tertiary alicyclic amines) is 1. The highest BCUT2D eigenvalue weighted by Gasteiger charge is 2.31. The number of nitrogens with zero attached hydrogens (tertiary/aromatic N) is 4. The van der Waals surface area contributed by atoms with Crippen molar-refractivity contribution in [2.45, 2.75) is 63.3 Å². The Labute approximate surface area is 198 Å². The fourth-order valence-electron chi connectivity index (χ4n) is 5.32. The maximum absolute atomic E-state index is 12.7. The van der Waals surface area contributed by atoms with Crippen LogP contribution < -0.4 is 10.9 Å². The molecular formula is C26H30N6O2. The molecule has 8 heteroatoms. The van der Waals surface area contributed by atoms with Crippen molar-refractivity contribution in [3.63, 3.8) is 0 Å². The molecule has 3 heterocycles. The Hall–Kier alpha value is -3.29. The van der Waals surface area contributed by atoms with Gasteiger partial charge in [-0.1, -0.05) is 6.07 Å². The second-order valence-corrected chi connectivity index (χ2v) is 9.95. The smallest absolute Gasteiger partial charge is 0.258 e. The number of aromatic amines is 1. The van der Waals surface area contributed by atoms with Gasteiger partial charge >= 0.3 is 0 Å². The maximum atomic E-state index is 12.7. The lowest BCUT2D eigenvalue weighted by Crippen LogP contribution is -2.37. The third-order valence-corrected chi connectivity index (χ3v) is 7.47. The largest absolute Gasteiger partial charge is 0.351 e. The molecule has 1 aliphatic heterocycles. The highest BCUT2D eigenvalue weighted by Crippen LogP contribution is 2.38. The molecule has 34 heavy (non-hydrogen) atoms. The van der Waals surface area contributed by atoms with Gasteiger partial charge in [-0.05, 0) is 69.6 Å². The Balaban J connectivity index is 1.14. The third kappa shape index (κ3) is 4.29. The number of aromatic nitrogens is 4. The first-order valence-electron chi connectivity index (χ1n) is 12.6. The van der Waals surface area contributed by atoms with E-state index in [0.717, 1.165) is 87.1 Å². The molecule has 1 amide bonds. The van der Waals surface area contributed by atoms with Crippen LogP contribution in [0.1, 0.15) is 63.1 Å². The summed E-state index contributed by atoms with van der Waals surface area (Å²) in [6.07, 6.45) is 9.93. The highest BCUT2D eigenvalue weighted by atomic mass is 16.2. The van der Waals surface area contributed by atoms with Gasteiger partial charge in [0, 0.05) is 42.7 Å². The second kappa shape index (κ2) is 8.81. The number of nitrogens with one attached hydrogen (secondary N) is 2. The molecular weight excluding hydrogens is 428 g/mol. The van der Waals surface area contributed by atoms with E-state index in [0.29, 0.717) is 23.2 Å². The van der Waals surface area contributed by atoms with Crippen molar-refractivity contribution in [2.24, 2.45) is 5.92 Å². The molecule has 8 nitrogen and oxygen atoms in total. The minimum Gasteiger partial charge on any atom is -0.351 e. The van der Waals surface area contributed by atoms with Gasteiger partial charge in [-0.25, -0.2) is 15.0 Å². The Morgan fingerprint density at radius 2 is 1.79 bits per heavy atom. The van der Waals surface area contributed by atoms with E-state index in [1.54, 1.807) is 6.20 Å². The Morgan fingerprint density at radius 3 is 2.56 bits per heavy atom. The summed E-state index contributed by atoms with van der Waals surface area (Å²) in [4.78, 5) is 44.1. The van der Waals surface area contributed by atoms with Crippen molar-refractivity contribution in [3.8, 4) is 11.3 Å². The van der Waals surface area contributed by atoms with Crippen molar-refractivity contribution in [1.29, 1.82) is 0 Å². The molecule has 2 N–H and O–H groups in total. The van der Waals surface area contributed by atoms with Crippen LogP contribution in [0.5, 0.6) is 0 Å². The summed E-state index contributed by atoms with van der Waals surface area (Å²) in [5, 5.41) is 4.05. The summed E-state index contributed by atoms with van der Waals surface area (Å²) in [6.45, 7) is 1.85. The van der Waals surface area contributed by atoms with E-state index >= 15 is 0 Å². The average Bonchev–Trinajstić information content (AvgIpc) is 3.58. The van der Waals surface area contributed by atoms with Crippen LogP contribution >= 0.6 is 0 Å². The molecule has 3 aromatic rings. The van der Waals surface area contributed by atoms with E-state index in [4.69, 9.17) is 4.98 Å².